The fourth-order valence-corrected chi connectivity index (χ4v) is 3.05. The Morgan fingerprint density at radius 3 is 2.26 bits per heavy atom. The van der Waals surface area contributed by atoms with Gasteiger partial charge < -0.3 is 5.32 Å². The second-order valence-electron chi connectivity index (χ2n) is 6.21. The van der Waals surface area contributed by atoms with Crippen LogP contribution < -0.4 is 5.32 Å². The summed E-state index contributed by atoms with van der Waals surface area (Å²) in [5.74, 6) is 0. The Labute approximate surface area is 161 Å². The molecule has 1 N–H and O–H groups in total. The van der Waals surface area contributed by atoms with Crippen molar-refractivity contribution in [3.8, 4) is 0 Å². The fraction of sp³-hybridized carbons (Fsp3) is 0.190. The minimum absolute atomic E-state index is 0.0922. The molecular formula is C21H18ClF3N2. The van der Waals surface area contributed by atoms with Crippen molar-refractivity contribution in [3.63, 3.8) is 0 Å². The quantitative estimate of drug-likeness (QED) is 0.551. The average molecular weight is 391 g/mol. The fourth-order valence-electron chi connectivity index (χ4n) is 2.88. The molecule has 1 heterocycles. The monoisotopic (exact) mass is 390 g/mol. The number of benzene rings is 2. The normalized spacial score (nSPS) is 11.6. The summed E-state index contributed by atoms with van der Waals surface area (Å²) >= 11 is 6.15. The molecule has 0 saturated carbocycles. The minimum Gasteiger partial charge on any atom is -0.308 e. The minimum atomic E-state index is -4.37. The summed E-state index contributed by atoms with van der Waals surface area (Å²) in [5.41, 5.74) is 2.49. The van der Waals surface area contributed by atoms with Gasteiger partial charge in [-0.2, -0.15) is 13.2 Å². The van der Waals surface area contributed by atoms with Gasteiger partial charge in [-0.15, -0.1) is 0 Å². The molecule has 0 saturated heterocycles. The second-order valence-corrected chi connectivity index (χ2v) is 6.57. The lowest BCUT2D eigenvalue weighted by Crippen LogP contribution is -2.17. The largest absolute Gasteiger partial charge is 0.416 e. The van der Waals surface area contributed by atoms with Gasteiger partial charge in [-0.05, 0) is 35.2 Å². The van der Waals surface area contributed by atoms with Crippen LogP contribution in [0.15, 0.2) is 66.9 Å². The zero-order chi connectivity index (χ0) is 19.3. The van der Waals surface area contributed by atoms with Gasteiger partial charge >= 0.3 is 6.18 Å². The molecule has 27 heavy (non-hydrogen) atoms. The Morgan fingerprint density at radius 2 is 1.52 bits per heavy atom. The molecule has 3 rings (SSSR count). The van der Waals surface area contributed by atoms with Crippen molar-refractivity contribution in [2.75, 3.05) is 0 Å². The predicted molar refractivity (Wildman–Crippen MR) is 100 cm³/mol. The molecule has 0 unspecified atom stereocenters. The summed E-state index contributed by atoms with van der Waals surface area (Å²) in [7, 11) is 0. The summed E-state index contributed by atoms with van der Waals surface area (Å²) in [6.45, 7) is 0.426. The van der Waals surface area contributed by atoms with Crippen LogP contribution in [0.4, 0.5) is 13.2 Å². The number of alkyl halides is 3. The third kappa shape index (κ3) is 5.31. The molecule has 1 aromatic heterocycles. The topological polar surface area (TPSA) is 24.9 Å². The molecule has 0 amide bonds. The number of nitrogens with one attached hydrogen (secondary N) is 1. The third-order valence-electron chi connectivity index (χ3n) is 4.17. The van der Waals surface area contributed by atoms with Crippen molar-refractivity contribution >= 4 is 11.6 Å². The Morgan fingerprint density at radius 1 is 0.852 bits per heavy atom. The van der Waals surface area contributed by atoms with Gasteiger partial charge in [0.15, 0.2) is 0 Å². The highest BCUT2D eigenvalue weighted by molar-refractivity contribution is 6.30. The molecule has 0 aliphatic carbocycles. The SMILES string of the molecule is FC(F)(F)c1ccccc1CNCc1cc(Cc2ccccc2)cnc1Cl. The van der Waals surface area contributed by atoms with E-state index < -0.39 is 11.7 Å². The van der Waals surface area contributed by atoms with E-state index in [0.717, 1.165) is 29.2 Å². The Kier molecular flexibility index (Phi) is 6.14. The van der Waals surface area contributed by atoms with Gasteiger partial charge in [0.05, 0.1) is 5.56 Å². The van der Waals surface area contributed by atoms with Gasteiger partial charge in [-0.1, -0.05) is 60.1 Å². The molecule has 0 aliphatic heterocycles. The van der Waals surface area contributed by atoms with Crippen LogP contribution in [0, 0.1) is 0 Å². The van der Waals surface area contributed by atoms with Crippen LogP contribution in [0.5, 0.6) is 0 Å². The van der Waals surface area contributed by atoms with Crippen molar-refractivity contribution < 1.29 is 13.2 Å². The van der Waals surface area contributed by atoms with Crippen molar-refractivity contribution in [1.29, 1.82) is 0 Å². The lowest BCUT2D eigenvalue weighted by molar-refractivity contribution is -0.138. The molecule has 0 radical (unpaired) electrons. The molecule has 3 aromatic rings. The molecule has 2 aromatic carbocycles. The first-order chi connectivity index (χ1) is 12.9. The first-order valence-corrected chi connectivity index (χ1v) is 8.84. The molecule has 0 bridgehead atoms. The second kappa shape index (κ2) is 8.55. The third-order valence-corrected chi connectivity index (χ3v) is 4.51. The molecule has 0 spiro atoms. The van der Waals surface area contributed by atoms with Crippen LogP contribution in [0.1, 0.15) is 27.8 Å². The summed E-state index contributed by atoms with van der Waals surface area (Å²) in [6, 6.07) is 17.4. The highest BCUT2D eigenvalue weighted by Crippen LogP contribution is 2.31. The Hall–Kier alpha value is -2.37. The van der Waals surface area contributed by atoms with Gasteiger partial charge in [0.1, 0.15) is 5.15 Å². The summed E-state index contributed by atoms with van der Waals surface area (Å²) < 4.78 is 39.2. The van der Waals surface area contributed by atoms with Crippen molar-refractivity contribution in [2.24, 2.45) is 0 Å². The lowest BCUT2D eigenvalue weighted by atomic mass is 10.0. The van der Waals surface area contributed by atoms with E-state index in [9.17, 15) is 13.2 Å². The van der Waals surface area contributed by atoms with E-state index in [-0.39, 0.29) is 12.1 Å². The molecular weight excluding hydrogens is 373 g/mol. The lowest BCUT2D eigenvalue weighted by Gasteiger charge is -2.14. The van der Waals surface area contributed by atoms with Gasteiger partial charge in [-0.3, -0.25) is 0 Å². The number of rotatable bonds is 6. The zero-order valence-corrected chi connectivity index (χ0v) is 15.2. The highest BCUT2D eigenvalue weighted by Gasteiger charge is 2.32. The van der Waals surface area contributed by atoms with E-state index in [1.165, 1.54) is 12.1 Å². The summed E-state index contributed by atoms with van der Waals surface area (Å²) in [4.78, 5) is 4.20. The van der Waals surface area contributed by atoms with Crippen molar-refractivity contribution in [3.05, 3.63) is 99.8 Å². The highest BCUT2D eigenvalue weighted by atomic mass is 35.5. The van der Waals surface area contributed by atoms with E-state index in [1.54, 1.807) is 12.3 Å². The van der Waals surface area contributed by atoms with Gasteiger partial charge in [0.25, 0.3) is 0 Å². The summed E-state index contributed by atoms with van der Waals surface area (Å²) in [5, 5.41) is 3.39. The number of hydrogen-bond donors (Lipinski definition) is 1. The Balaban J connectivity index is 1.67. The van der Waals surface area contributed by atoms with Crippen LogP contribution >= 0.6 is 11.6 Å². The van der Waals surface area contributed by atoms with Crippen LogP contribution in [0.2, 0.25) is 5.15 Å². The van der Waals surface area contributed by atoms with E-state index in [1.807, 2.05) is 36.4 Å². The number of aromatic nitrogens is 1. The first-order valence-electron chi connectivity index (χ1n) is 8.46. The average Bonchev–Trinajstić information content (AvgIpc) is 2.65. The molecule has 0 fully saturated rings. The van der Waals surface area contributed by atoms with Crippen LogP contribution in [-0.2, 0) is 25.7 Å². The molecule has 140 valence electrons. The maximum Gasteiger partial charge on any atom is 0.416 e. The van der Waals surface area contributed by atoms with Gasteiger partial charge in [0, 0.05) is 24.8 Å². The number of nitrogens with zero attached hydrogens (tertiary/aromatic N) is 1. The zero-order valence-electron chi connectivity index (χ0n) is 14.4. The molecule has 0 atom stereocenters. The van der Waals surface area contributed by atoms with E-state index in [0.29, 0.717) is 11.7 Å². The number of halogens is 4. The van der Waals surface area contributed by atoms with E-state index in [4.69, 9.17) is 11.6 Å². The van der Waals surface area contributed by atoms with Crippen molar-refractivity contribution in [2.45, 2.75) is 25.7 Å². The van der Waals surface area contributed by atoms with Crippen LogP contribution in [-0.4, -0.2) is 4.98 Å². The van der Waals surface area contributed by atoms with Crippen LogP contribution in [0.3, 0.4) is 0 Å². The maximum absolute atomic E-state index is 13.1. The van der Waals surface area contributed by atoms with E-state index >= 15 is 0 Å². The van der Waals surface area contributed by atoms with Gasteiger partial charge in [0.2, 0.25) is 0 Å². The maximum atomic E-state index is 13.1. The predicted octanol–water partition coefficient (Wildman–Crippen LogP) is 5.63. The number of pyridine rings is 1. The first kappa shape index (κ1) is 19.4. The van der Waals surface area contributed by atoms with Crippen molar-refractivity contribution in [1.82, 2.24) is 10.3 Å². The molecule has 6 heteroatoms. The smallest absolute Gasteiger partial charge is 0.308 e. The number of hydrogen-bond acceptors (Lipinski definition) is 2. The van der Waals surface area contributed by atoms with Crippen LogP contribution in [0.25, 0.3) is 0 Å². The summed E-state index contributed by atoms with van der Waals surface area (Å²) in [6.07, 6.45) is -1.93. The van der Waals surface area contributed by atoms with Gasteiger partial charge in [-0.25, -0.2) is 4.98 Å². The molecule has 2 nitrogen and oxygen atoms in total. The molecule has 0 aliphatic rings. The Bertz CT molecular complexity index is 895. The van der Waals surface area contributed by atoms with E-state index in [2.05, 4.69) is 10.3 Å². The standard InChI is InChI=1S/C21H18ClF3N2/c22-20-18(11-16(12-27-20)10-15-6-2-1-3-7-15)14-26-13-17-8-4-5-9-19(17)21(23,24)25/h1-9,11-12,26H,10,13-14H2.